The van der Waals surface area contributed by atoms with Gasteiger partial charge < -0.3 is 24.5 Å². The maximum absolute atomic E-state index is 12.3. The van der Waals surface area contributed by atoms with Gasteiger partial charge in [-0.2, -0.15) is 0 Å². The number of hydrogen-bond acceptors (Lipinski definition) is 13. The first kappa shape index (κ1) is 86.6. The summed E-state index contributed by atoms with van der Waals surface area (Å²) in [6, 6.07) is 71.7. The fourth-order valence-electron chi connectivity index (χ4n) is 13.8. The predicted octanol–water partition coefficient (Wildman–Crippen LogP) is 22.6. The molecule has 0 heterocycles. The summed E-state index contributed by atoms with van der Waals surface area (Å²) in [4.78, 5) is 127. The van der Waals surface area contributed by atoms with Crippen LogP contribution in [-0.2, 0) is 32.1 Å². The minimum atomic E-state index is -0.533. The largest absolute Gasteiger partial charge is 2.00 e. The van der Waals surface area contributed by atoms with E-state index in [-0.39, 0.29) is 84.0 Å². The average Bonchev–Trinajstić information content (AvgIpc) is 1.51. The Morgan fingerprint density at radius 1 is 0.275 bits per heavy atom. The fraction of sp³-hybridized carbons (Fsp3) is 0.232. The standard InChI is InChI=1S/C29H20O2.C24H21NO3.C16H14O3.C10H10O2.2C7H12O.2CH3.Fe/c1-17(30)19-11-13-23-21-7-3-5-9-25(21)29(27(23)15-19)26-10-6-4-8-22(26)24-14-12-20(18(2)31)16-28(24)29;1-16(26)19-4-10-22(11-5-19)25(23-12-6-20(7-13-23)17(2)27)24-14-8-21(9-15-24)18(3)28;1-11(17)13-3-7-15(8-4-13)19-16-9-5-14(6-10-16)12(2)18;1-7(11)9-3-5-10(6-4-9)8(2)12;2*1-6(8)7-4-2-3-5-7;;;/h3-16H,1-2H3;4-15H,1-3H3;3-10H,1-2H3;3-6H,1-2H3;2*7H,2-5H2,1H3;2*1H3;/q;;;;;;2*-1;+2. The number of carbonyl (C=O) groups is 11. The Morgan fingerprint density at radius 3 is 0.716 bits per heavy atom. The van der Waals surface area contributed by atoms with E-state index in [1.54, 1.807) is 137 Å². The third-order valence-electron chi connectivity index (χ3n) is 19.8. The van der Waals surface area contributed by atoms with E-state index >= 15 is 0 Å². The summed E-state index contributed by atoms with van der Waals surface area (Å²) in [5, 5.41) is 0. The van der Waals surface area contributed by atoms with E-state index < -0.39 is 5.41 Å². The smallest absolute Gasteiger partial charge is 0.457 e. The number of rotatable bonds is 16. The van der Waals surface area contributed by atoms with Crippen molar-refractivity contribution in [3.8, 4) is 33.8 Å². The second kappa shape index (κ2) is 39.5. The van der Waals surface area contributed by atoms with Gasteiger partial charge >= 0.3 is 17.1 Å². The molecule has 0 atom stereocenters. The molecule has 4 aliphatic carbocycles. The van der Waals surface area contributed by atoms with Crippen LogP contribution in [0.1, 0.15) is 243 Å². The molecule has 14 rings (SSSR count). The van der Waals surface area contributed by atoms with Crippen molar-refractivity contribution in [2.45, 2.75) is 133 Å². The molecular weight excluding hydrogens is 1400 g/mol. The zero-order valence-corrected chi connectivity index (χ0v) is 65.6. The summed E-state index contributed by atoms with van der Waals surface area (Å²) in [5.74, 6) is 3.16. The van der Waals surface area contributed by atoms with E-state index in [1.807, 2.05) is 53.4 Å². The van der Waals surface area contributed by atoms with E-state index in [2.05, 4.69) is 72.8 Å². The minimum Gasteiger partial charge on any atom is -0.457 e. The molecule has 560 valence electrons. The molecule has 0 N–H and O–H groups in total. The molecule has 0 saturated heterocycles. The van der Waals surface area contributed by atoms with Crippen LogP contribution in [0.4, 0.5) is 17.1 Å². The summed E-state index contributed by atoms with van der Waals surface area (Å²) >= 11 is 0. The van der Waals surface area contributed by atoms with Gasteiger partial charge in [-0.25, -0.2) is 0 Å². The Kier molecular flexibility index (Phi) is 31.4. The van der Waals surface area contributed by atoms with Crippen LogP contribution >= 0.6 is 0 Å². The molecule has 0 aliphatic heterocycles. The van der Waals surface area contributed by atoms with Gasteiger partial charge in [-0.05, 0) is 280 Å². The van der Waals surface area contributed by atoms with Crippen molar-refractivity contribution < 1.29 is 74.5 Å². The number of benzene rings is 10. The van der Waals surface area contributed by atoms with Gasteiger partial charge in [-0.3, -0.25) is 52.7 Å². The Bertz CT molecular complexity index is 4580. The second-order valence-electron chi connectivity index (χ2n) is 27.3. The van der Waals surface area contributed by atoms with Gasteiger partial charge in [0.25, 0.3) is 0 Å². The third kappa shape index (κ3) is 21.1. The van der Waals surface area contributed by atoms with Crippen LogP contribution < -0.4 is 9.64 Å². The Morgan fingerprint density at radius 2 is 0.486 bits per heavy atom. The van der Waals surface area contributed by atoms with Crippen molar-refractivity contribution in [1.29, 1.82) is 0 Å². The maximum atomic E-state index is 12.3. The molecule has 10 aromatic carbocycles. The molecule has 14 heteroatoms. The van der Waals surface area contributed by atoms with E-state index in [1.165, 1.54) is 96.4 Å². The minimum absolute atomic E-state index is 0. The summed E-state index contributed by atoms with van der Waals surface area (Å²) < 4.78 is 5.63. The number of anilines is 3. The number of hydrogen-bond donors (Lipinski definition) is 0. The van der Waals surface area contributed by atoms with Gasteiger partial charge in [0.2, 0.25) is 0 Å². The average molecular weight is 1500 g/mol. The zero-order chi connectivity index (χ0) is 76.5. The summed E-state index contributed by atoms with van der Waals surface area (Å²) in [6.45, 7) is 17.3. The van der Waals surface area contributed by atoms with Gasteiger partial charge in [0.05, 0.1) is 5.41 Å². The Labute approximate surface area is 652 Å². The number of nitrogens with zero attached hydrogens (tertiary/aromatic N) is 1. The van der Waals surface area contributed by atoms with Gasteiger partial charge in [0.1, 0.15) is 23.1 Å². The second-order valence-corrected chi connectivity index (χ2v) is 27.3. The monoisotopic (exact) mass is 1500 g/mol. The van der Waals surface area contributed by atoms with Crippen LogP contribution in [0.3, 0.4) is 0 Å². The normalized spacial score (nSPS) is 12.6. The molecule has 0 unspecified atom stereocenters. The number of ketones is 11. The maximum Gasteiger partial charge on any atom is 2.00 e. The molecule has 109 heavy (non-hydrogen) atoms. The number of fused-ring (bicyclic) bond motifs is 10. The summed E-state index contributed by atoms with van der Waals surface area (Å²) in [7, 11) is 0. The van der Waals surface area contributed by atoms with Gasteiger partial charge in [0.15, 0.2) is 52.0 Å². The number of ether oxygens (including phenoxy) is 1. The summed E-state index contributed by atoms with van der Waals surface area (Å²) in [5.41, 5.74) is 17.3. The topological polar surface area (TPSA) is 200 Å². The van der Waals surface area contributed by atoms with Crippen LogP contribution in [0, 0.1) is 26.7 Å². The molecule has 0 bridgehead atoms. The van der Waals surface area contributed by atoms with Gasteiger partial charge in [-0.1, -0.05) is 123 Å². The number of Topliss-reactive ketones (excluding diaryl/α,β-unsaturated/α-hetero) is 11. The van der Waals surface area contributed by atoms with Crippen LogP contribution in [0.2, 0.25) is 0 Å². The molecule has 0 aromatic heterocycles. The molecular formula is C95H95FeNO12. The van der Waals surface area contributed by atoms with E-state index in [0.717, 1.165) is 65.0 Å². The molecule has 1 spiro atoms. The van der Waals surface area contributed by atoms with Crippen molar-refractivity contribution in [3.63, 3.8) is 0 Å². The zero-order valence-electron chi connectivity index (χ0n) is 64.5. The number of carbonyl (C=O) groups excluding carboxylic acids is 11. The van der Waals surface area contributed by atoms with Crippen LogP contribution in [0.15, 0.2) is 231 Å². The van der Waals surface area contributed by atoms with Crippen LogP contribution in [0.25, 0.3) is 22.3 Å². The SMILES string of the molecule is CC(=O)C1CCCC1.CC(=O)C1CCCC1.CC(=O)c1ccc(C(C)=O)cc1.CC(=O)c1ccc(N(c2ccc(C(C)=O)cc2)c2ccc(C(C)=O)cc2)cc1.CC(=O)c1ccc(Oc2ccc(C(C)=O)cc2)cc1.CC(=O)c1ccc2c(c1)C1(c3ccccc3-2)c2ccccc2-c2ccc(C(C)=O)cc21.[CH3-].[CH3-].[Fe+2]. The van der Waals surface area contributed by atoms with Gasteiger partial charge in [0, 0.05) is 79.0 Å². The van der Waals surface area contributed by atoms with Crippen molar-refractivity contribution in [2.75, 3.05) is 4.90 Å². The van der Waals surface area contributed by atoms with Gasteiger partial charge in [-0.15, -0.1) is 0 Å². The first-order valence-corrected chi connectivity index (χ1v) is 35.8. The summed E-state index contributed by atoms with van der Waals surface area (Å²) in [6.07, 6.45) is 9.66. The quantitative estimate of drug-likeness (QED) is 0.0503. The predicted molar refractivity (Wildman–Crippen MR) is 431 cm³/mol. The van der Waals surface area contributed by atoms with Crippen molar-refractivity contribution in [3.05, 3.63) is 318 Å². The molecule has 0 radical (unpaired) electrons. The molecule has 13 nitrogen and oxygen atoms in total. The van der Waals surface area contributed by atoms with Crippen molar-refractivity contribution in [1.82, 2.24) is 0 Å². The first-order chi connectivity index (χ1) is 50.7. The van der Waals surface area contributed by atoms with Crippen molar-refractivity contribution >= 4 is 80.7 Å². The molecule has 4 aliphatic rings. The molecule has 0 amide bonds. The molecule has 10 aromatic rings. The Balaban J connectivity index is 0.000000218. The molecule has 2 fully saturated rings. The third-order valence-corrected chi connectivity index (χ3v) is 19.8. The van der Waals surface area contributed by atoms with Crippen LogP contribution in [-0.4, -0.2) is 63.6 Å². The van der Waals surface area contributed by atoms with E-state index in [4.69, 9.17) is 4.74 Å². The molecule has 2 saturated carbocycles. The first-order valence-electron chi connectivity index (χ1n) is 35.8. The van der Waals surface area contributed by atoms with E-state index in [9.17, 15) is 52.7 Å². The fourth-order valence-corrected chi connectivity index (χ4v) is 13.8. The van der Waals surface area contributed by atoms with E-state index in [0.29, 0.717) is 85.0 Å². The Hall–Kier alpha value is -11.3. The van der Waals surface area contributed by atoms with Crippen molar-refractivity contribution in [2.24, 2.45) is 11.8 Å². The van der Waals surface area contributed by atoms with Crippen LogP contribution in [0.5, 0.6) is 11.5 Å².